The summed E-state index contributed by atoms with van der Waals surface area (Å²) in [6.45, 7) is 5.43. The van der Waals surface area contributed by atoms with E-state index in [1.165, 1.54) is 6.21 Å². The molecule has 0 radical (unpaired) electrons. The van der Waals surface area contributed by atoms with Crippen molar-refractivity contribution in [2.75, 3.05) is 0 Å². The summed E-state index contributed by atoms with van der Waals surface area (Å²) in [7, 11) is 0. The molecule has 0 aliphatic carbocycles. The Hall–Kier alpha value is -1.01. The fraction of sp³-hybridized carbons (Fsp3) is 0.444. The molecule has 0 aliphatic rings. The van der Waals surface area contributed by atoms with Gasteiger partial charge >= 0.3 is 0 Å². The van der Waals surface area contributed by atoms with E-state index in [1.54, 1.807) is 0 Å². The highest BCUT2D eigenvalue weighted by Crippen LogP contribution is 2.16. The molecule has 1 rings (SSSR count). The molecule has 1 unspecified atom stereocenters. The van der Waals surface area contributed by atoms with E-state index in [0.29, 0.717) is 0 Å². The van der Waals surface area contributed by atoms with E-state index < -0.39 is 21.9 Å². The second-order valence-electron chi connectivity index (χ2n) is 3.86. The second kappa shape index (κ2) is 4.67. The van der Waals surface area contributed by atoms with E-state index in [2.05, 4.69) is 14.4 Å². The van der Waals surface area contributed by atoms with Gasteiger partial charge in [-0.1, -0.05) is 4.40 Å². The third-order valence-electron chi connectivity index (χ3n) is 1.43. The van der Waals surface area contributed by atoms with Crippen LogP contribution in [0.25, 0.3) is 0 Å². The SMILES string of the molecule is CC(C)(C)[S+]([O-])N=Cc1ncc(F)cn1. The molecule has 4 nitrogen and oxygen atoms in total. The third-order valence-corrected chi connectivity index (χ3v) is 2.77. The second-order valence-corrected chi connectivity index (χ2v) is 5.79. The lowest BCUT2D eigenvalue weighted by molar-refractivity contribution is 0.561. The molecule has 0 fully saturated rings. The average molecular weight is 229 g/mol. The van der Waals surface area contributed by atoms with Gasteiger partial charge in [0.1, 0.15) is 22.3 Å². The first-order valence-corrected chi connectivity index (χ1v) is 5.44. The van der Waals surface area contributed by atoms with Gasteiger partial charge in [0.05, 0.1) is 12.4 Å². The summed E-state index contributed by atoms with van der Waals surface area (Å²) in [4.78, 5) is 7.32. The van der Waals surface area contributed by atoms with E-state index >= 15 is 0 Å². The Balaban J connectivity index is 2.70. The predicted octanol–water partition coefficient (Wildman–Crippen LogP) is 1.50. The zero-order valence-corrected chi connectivity index (χ0v) is 9.58. The van der Waals surface area contributed by atoms with Gasteiger partial charge in [0, 0.05) is 0 Å². The molecule has 0 aromatic carbocycles. The van der Waals surface area contributed by atoms with Crippen molar-refractivity contribution in [3.05, 3.63) is 24.0 Å². The minimum absolute atomic E-state index is 0.244. The van der Waals surface area contributed by atoms with Gasteiger partial charge in [-0.25, -0.2) is 14.4 Å². The first-order valence-electron chi connectivity index (χ1n) is 4.33. The smallest absolute Gasteiger partial charge is 0.175 e. The maximum atomic E-state index is 12.4. The van der Waals surface area contributed by atoms with E-state index in [1.807, 2.05) is 20.8 Å². The van der Waals surface area contributed by atoms with E-state index in [-0.39, 0.29) is 5.82 Å². The monoisotopic (exact) mass is 229 g/mol. The van der Waals surface area contributed by atoms with Crippen LogP contribution in [0.1, 0.15) is 26.6 Å². The predicted molar refractivity (Wildman–Crippen MR) is 57.5 cm³/mol. The van der Waals surface area contributed by atoms with Gasteiger partial charge in [-0.05, 0) is 20.8 Å². The minimum Gasteiger partial charge on any atom is -0.591 e. The van der Waals surface area contributed by atoms with Crippen LogP contribution >= 0.6 is 0 Å². The quantitative estimate of drug-likeness (QED) is 0.570. The van der Waals surface area contributed by atoms with Gasteiger partial charge in [0.2, 0.25) is 0 Å². The van der Waals surface area contributed by atoms with E-state index in [4.69, 9.17) is 0 Å². The van der Waals surface area contributed by atoms with Crippen molar-refractivity contribution in [2.24, 2.45) is 4.40 Å². The maximum Gasteiger partial charge on any atom is 0.175 e. The lowest BCUT2D eigenvalue weighted by Crippen LogP contribution is -2.25. The molecule has 1 aromatic heterocycles. The highest BCUT2D eigenvalue weighted by atomic mass is 32.2. The zero-order chi connectivity index (χ0) is 11.5. The number of nitrogens with zero attached hydrogens (tertiary/aromatic N) is 3. The van der Waals surface area contributed by atoms with Crippen molar-refractivity contribution in [1.29, 1.82) is 0 Å². The van der Waals surface area contributed by atoms with E-state index in [0.717, 1.165) is 12.4 Å². The first kappa shape index (κ1) is 12.1. The molecule has 15 heavy (non-hydrogen) atoms. The minimum atomic E-state index is -1.35. The molecule has 0 amide bonds. The fourth-order valence-corrected chi connectivity index (χ4v) is 1.15. The van der Waals surface area contributed by atoms with Crippen molar-refractivity contribution in [3.8, 4) is 0 Å². The first-order chi connectivity index (χ1) is 6.89. The molecular formula is C9H12FN3OS. The average Bonchev–Trinajstić information content (AvgIpc) is 2.15. The Labute approximate surface area is 91.0 Å². The summed E-state index contributed by atoms with van der Waals surface area (Å²) in [5.74, 6) is -0.266. The van der Waals surface area contributed by atoms with Crippen LogP contribution in [0, 0.1) is 5.82 Å². The molecule has 82 valence electrons. The highest BCUT2D eigenvalue weighted by molar-refractivity contribution is 7.91. The van der Waals surface area contributed by atoms with Crippen molar-refractivity contribution < 1.29 is 8.94 Å². The van der Waals surface area contributed by atoms with Gasteiger partial charge < -0.3 is 4.55 Å². The number of halogens is 1. The van der Waals surface area contributed by atoms with Crippen LogP contribution in [0.2, 0.25) is 0 Å². The van der Waals surface area contributed by atoms with Crippen LogP contribution in [0.15, 0.2) is 16.8 Å². The molecule has 0 spiro atoms. The van der Waals surface area contributed by atoms with Crippen molar-refractivity contribution in [3.63, 3.8) is 0 Å². The summed E-state index contributed by atoms with van der Waals surface area (Å²) in [5.41, 5.74) is 0. The van der Waals surface area contributed by atoms with Crippen LogP contribution < -0.4 is 0 Å². The normalized spacial score (nSPS) is 14.5. The Kier molecular flexibility index (Phi) is 3.76. The molecule has 1 atom stereocenters. The topological polar surface area (TPSA) is 61.2 Å². The largest absolute Gasteiger partial charge is 0.591 e. The number of hydrogen-bond donors (Lipinski definition) is 0. The van der Waals surface area contributed by atoms with Crippen LogP contribution in [0.5, 0.6) is 0 Å². The molecule has 0 saturated heterocycles. The Morgan fingerprint density at radius 2 is 1.93 bits per heavy atom. The Morgan fingerprint density at radius 3 is 2.40 bits per heavy atom. The van der Waals surface area contributed by atoms with Gasteiger partial charge in [-0.2, -0.15) is 0 Å². The summed E-state index contributed by atoms with van der Waals surface area (Å²) in [5, 5.41) is 0. The standard InChI is InChI=1S/C9H12FN3OS/c1-9(2,3)15(14)13-6-8-11-4-7(10)5-12-8/h4-6H,1-3H3. The van der Waals surface area contributed by atoms with Gasteiger partial charge in [-0.15, -0.1) is 0 Å². The highest BCUT2D eigenvalue weighted by Gasteiger charge is 2.25. The van der Waals surface area contributed by atoms with Crippen LogP contribution in [0.4, 0.5) is 4.39 Å². The third kappa shape index (κ3) is 3.93. The number of hydrogen-bond acceptors (Lipinski definition) is 4. The zero-order valence-electron chi connectivity index (χ0n) is 8.77. The van der Waals surface area contributed by atoms with Crippen molar-refractivity contribution >= 4 is 17.6 Å². The molecular weight excluding hydrogens is 217 g/mol. The van der Waals surface area contributed by atoms with Gasteiger partial charge in [0.15, 0.2) is 11.6 Å². The van der Waals surface area contributed by atoms with Gasteiger partial charge in [0.25, 0.3) is 0 Å². The molecule has 0 saturated carbocycles. The molecule has 6 heteroatoms. The number of rotatable bonds is 2. The van der Waals surface area contributed by atoms with Crippen LogP contribution in [-0.4, -0.2) is 25.5 Å². The molecule has 1 heterocycles. The summed E-state index contributed by atoms with van der Waals surface area (Å²) in [6.07, 6.45) is 3.35. The molecule has 0 N–H and O–H groups in total. The summed E-state index contributed by atoms with van der Waals surface area (Å²) in [6, 6.07) is 0. The summed E-state index contributed by atoms with van der Waals surface area (Å²) >= 11 is -1.35. The van der Waals surface area contributed by atoms with Gasteiger partial charge in [-0.3, -0.25) is 0 Å². The summed E-state index contributed by atoms with van der Waals surface area (Å²) < 4.78 is 27.3. The molecule has 1 aromatic rings. The molecule has 0 bridgehead atoms. The fourth-order valence-electron chi connectivity index (χ4n) is 0.642. The Bertz CT molecular complexity index is 347. The van der Waals surface area contributed by atoms with Crippen molar-refractivity contribution in [2.45, 2.75) is 25.5 Å². The molecule has 0 aliphatic heterocycles. The van der Waals surface area contributed by atoms with E-state index in [9.17, 15) is 8.94 Å². The van der Waals surface area contributed by atoms with Crippen LogP contribution in [0.3, 0.4) is 0 Å². The lowest BCUT2D eigenvalue weighted by Gasteiger charge is -2.17. The van der Waals surface area contributed by atoms with Crippen LogP contribution in [-0.2, 0) is 11.4 Å². The maximum absolute atomic E-state index is 12.4. The number of aromatic nitrogens is 2. The van der Waals surface area contributed by atoms with Crippen molar-refractivity contribution in [1.82, 2.24) is 9.97 Å². The Morgan fingerprint density at radius 1 is 1.40 bits per heavy atom. The lowest BCUT2D eigenvalue weighted by atomic mass is 10.3.